The summed E-state index contributed by atoms with van der Waals surface area (Å²) in [4.78, 5) is 28.2. The third-order valence-electron chi connectivity index (χ3n) is 6.25. The normalized spacial score (nSPS) is 14.6. The Kier molecular flexibility index (Phi) is 7.16. The summed E-state index contributed by atoms with van der Waals surface area (Å²) in [6.07, 6.45) is 1.59. The summed E-state index contributed by atoms with van der Waals surface area (Å²) in [6.45, 7) is 2.93. The van der Waals surface area contributed by atoms with Gasteiger partial charge in [0.1, 0.15) is 6.04 Å². The highest BCUT2D eigenvalue weighted by Crippen LogP contribution is 2.35. The summed E-state index contributed by atoms with van der Waals surface area (Å²) in [6, 6.07) is 20.6. The number of rotatable bonds is 9. The van der Waals surface area contributed by atoms with Gasteiger partial charge in [-0.15, -0.1) is 0 Å². The van der Waals surface area contributed by atoms with Crippen molar-refractivity contribution in [2.24, 2.45) is 0 Å². The third kappa shape index (κ3) is 4.76. The molecule has 1 aliphatic heterocycles. The van der Waals surface area contributed by atoms with Gasteiger partial charge in [-0.25, -0.2) is 0 Å². The van der Waals surface area contributed by atoms with E-state index in [9.17, 15) is 9.59 Å². The van der Waals surface area contributed by atoms with Crippen LogP contribution in [0.4, 0.5) is 0 Å². The lowest BCUT2D eigenvalue weighted by Gasteiger charge is -2.25. The second-order valence-corrected chi connectivity index (χ2v) is 8.32. The molecule has 0 aromatic heterocycles. The van der Waals surface area contributed by atoms with Gasteiger partial charge in [0.15, 0.2) is 11.5 Å². The SMILES string of the molecule is CCc1ccc(CN2C(=O)c3ccccc3[C@@H]2C(=O)NCCc2ccc(OC)c(OC)c2)cc1. The minimum absolute atomic E-state index is 0.116. The molecule has 1 atom stereocenters. The fourth-order valence-electron chi connectivity index (χ4n) is 4.36. The number of methoxy groups -OCH3 is 2. The molecule has 0 fully saturated rings. The molecule has 1 heterocycles. The lowest BCUT2D eigenvalue weighted by atomic mass is 10.0. The smallest absolute Gasteiger partial charge is 0.255 e. The van der Waals surface area contributed by atoms with E-state index in [1.54, 1.807) is 25.2 Å². The van der Waals surface area contributed by atoms with Crippen LogP contribution < -0.4 is 14.8 Å². The first-order chi connectivity index (χ1) is 16.5. The number of benzene rings is 3. The summed E-state index contributed by atoms with van der Waals surface area (Å²) in [7, 11) is 3.20. The molecule has 0 spiro atoms. The summed E-state index contributed by atoms with van der Waals surface area (Å²) < 4.78 is 10.7. The maximum absolute atomic E-state index is 13.3. The Hall–Kier alpha value is -3.80. The van der Waals surface area contributed by atoms with E-state index in [0.717, 1.165) is 23.1 Å². The minimum atomic E-state index is -0.653. The predicted molar refractivity (Wildman–Crippen MR) is 131 cm³/mol. The van der Waals surface area contributed by atoms with Gasteiger partial charge in [-0.1, -0.05) is 55.5 Å². The lowest BCUT2D eigenvalue weighted by Crippen LogP contribution is -2.39. The number of hydrogen-bond acceptors (Lipinski definition) is 4. The summed E-state index contributed by atoms with van der Waals surface area (Å²) in [5.41, 5.74) is 4.61. The first kappa shape index (κ1) is 23.4. The van der Waals surface area contributed by atoms with Gasteiger partial charge in [0, 0.05) is 18.7 Å². The van der Waals surface area contributed by atoms with E-state index >= 15 is 0 Å². The topological polar surface area (TPSA) is 67.9 Å². The Balaban J connectivity index is 1.48. The second-order valence-electron chi connectivity index (χ2n) is 8.32. The molecule has 0 radical (unpaired) electrons. The first-order valence-electron chi connectivity index (χ1n) is 11.5. The van der Waals surface area contributed by atoms with Crippen molar-refractivity contribution < 1.29 is 19.1 Å². The number of carbonyl (C=O) groups is 2. The van der Waals surface area contributed by atoms with Gasteiger partial charge in [0.25, 0.3) is 5.91 Å². The number of nitrogens with zero attached hydrogens (tertiary/aromatic N) is 1. The van der Waals surface area contributed by atoms with Gasteiger partial charge in [-0.3, -0.25) is 9.59 Å². The Morgan fingerprint density at radius 3 is 2.29 bits per heavy atom. The van der Waals surface area contributed by atoms with Crippen LogP contribution in [-0.4, -0.2) is 37.5 Å². The van der Waals surface area contributed by atoms with E-state index in [-0.39, 0.29) is 11.8 Å². The largest absolute Gasteiger partial charge is 0.493 e. The number of carbonyl (C=O) groups excluding carboxylic acids is 2. The van der Waals surface area contributed by atoms with Crippen molar-refractivity contribution in [2.45, 2.75) is 32.4 Å². The zero-order chi connectivity index (χ0) is 24.1. The van der Waals surface area contributed by atoms with Crippen LogP contribution in [0.15, 0.2) is 66.7 Å². The van der Waals surface area contributed by atoms with Crippen LogP contribution in [0.5, 0.6) is 11.5 Å². The van der Waals surface area contributed by atoms with Crippen molar-refractivity contribution in [3.63, 3.8) is 0 Å². The molecule has 0 bridgehead atoms. The van der Waals surface area contributed by atoms with Crippen LogP contribution in [0.25, 0.3) is 0 Å². The Bertz CT molecular complexity index is 1170. The molecule has 6 nitrogen and oxygen atoms in total. The van der Waals surface area contributed by atoms with Gasteiger partial charge < -0.3 is 19.7 Å². The molecule has 2 amide bonds. The van der Waals surface area contributed by atoms with Gasteiger partial charge in [-0.05, 0) is 53.3 Å². The highest BCUT2D eigenvalue weighted by atomic mass is 16.5. The molecule has 0 saturated carbocycles. The highest BCUT2D eigenvalue weighted by Gasteiger charge is 2.40. The van der Waals surface area contributed by atoms with Gasteiger partial charge in [0.2, 0.25) is 5.91 Å². The van der Waals surface area contributed by atoms with Crippen LogP contribution in [0, 0.1) is 0 Å². The Labute approximate surface area is 200 Å². The van der Waals surface area contributed by atoms with E-state index in [4.69, 9.17) is 9.47 Å². The number of ether oxygens (including phenoxy) is 2. The molecule has 0 aliphatic carbocycles. The molecular formula is C28H30N2O4. The zero-order valence-electron chi connectivity index (χ0n) is 19.8. The van der Waals surface area contributed by atoms with Crippen molar-refractivity contribution in [1.82, 2.24) is 10.2 Å². The molecule has 176 valence electrons. The highest BCUT2D eigenvalue weighted by molar-refractivity contribution is 6.04. The second kappa shape index (κ2) is 10.4. The molecule has 0 unspecified atom stereocenters. The van der Waals surface area contributed by atoms with E-state index in [1.165, 1.54) is 5.56 Å². The first-order valence-corrected chi connectivity index (χ1v) is 11.5. The quantitative estimate of drug-likeness (QED) is 0.519. The molecule has 1 aliphatic rings. The van der Waals surface area contributed by atoms with E-state index in [0.29, 0.717) is 36.6 Å². The number of amides is 2. The Morgan fingerprint density at radius 1 is 0.912 bits per heavy atom. The van der Waals surface area contributed by atoms with E-state index in [2.05, 4.69) is 24.4 Å². The third-order valence-corrected chi connectivity index (χ3v) is 6.25. The molecule has 34 heavy (non-hydrogen) atoms. The monoisotopic (exact) mass is 458 g/mol. The van der Waals surface area contributed by atoms with Crippen molar-refractivity contribution >= 4 is 11.8 Å². The van der Waals surface area contributed by atoms with Crippen LogP contribution >= 0.6 is 0 Å². The fourth-order valence-corrected chi connectivity index (χ4v) is 4.36. The maximum atomic E-state index is 13.3. The molecule has 3 aromatic carbocycles. The zero-order valence-corrected chi connectivity index (χ0v) is 19.8. The fraction of sp³-hybridized carbons (Fsp3) is 0.286. The van der Waals surface area contributed by atoms with Gasteiger partial charge >= 0.3 is 0 Å². The van der Waals surface area contributed by atoms with Crippen LogP contribution in [0.1, 0.15) is 45.6 Å². The standard InChI is InChI=1S/C28H30N2O4/c1-4-19-9-11-21(12-10-19)18-30-26(22-7-5-6-8-23(22)28(30)32)27(31)29-16-15-20-13-14-24(33-2)25(17-20)34-3/h5-14,17,26H,4,15-16,18H2,1-3H3,(H,29,31)/t26-/m1/s1. The molecule has 1 N–H and O–H groups in total. The van der Waals surface area contributed by atoms with E-state index in [1.807, 2.05) is 48.5 Å². The predicted octanol–water partition coefficient (Wildman–Crippen LogP) is 4.32. The van der Waals surface area contributed by atoms with Crippen molar-refractivity contribution in [3.8, 4) is 11.5 Å². The molecular weight excluding hydrogens is 428 g/mol. The van der Waals surface area contributed by atoms with Gasteiger partial charge in [0.05, 0.1) is 14.2 Å². The molecule has 0 saturated heterocycles. The van der Waals surface area contributed by atoms with Crippen LogP contribution in [0.2, 0.25) is 0 Å². The van der Waals surface area contributed by atoms with Crippen molar-refractivity contribution in [2.75, 3.05) is 20.8 Å². The summed E-state index contributed by atoms with van der Waals surface area (Å²) >= 11 is 0. The van der Waals surface area contributed by atoms with Crippen molar-refractivity contribution in [1.29, 1.82) is 0 Å². The Morgan fingerprint density at radius 2 is 1.59 bits per heavy atom. The van der Waals surface area contributed by atoms with E-state index < -0.39 is 6.04 Å². The number of hydrogen-bond donors (Lipinski definition) is 1. The average Bonchev–Trinajstić information content (AvgIpc) is 3.15. The molecule has 6 heteroatoms. The van der Waals surface area contributed by atoms with Crippen LogP contribution in [0.3, 0.4) is 0 Å². The minimum Gasteiger partial charge on any atom is -0.493 e. The number of fused-ring (bicyclic) bond motifs is 1. The maximum Gasteiger partial charge on any atom is 0.255 e. The van der Waals surface area contributed by atoms with Crippen molar-refractivity contribution in [3.05, 3.63) is 94.5 Å². The summed E-state index contributed by atoms with van der Waals surface area (Å²) in [5.74, 6) is 1.03. The molecule has 3 aromatic rings. The molecule has 4 rings (SSSR count). The number of aryl methyl sites for hydroxylation is 1. The summed E-state index contributed by atoms with van der Waals surface area (Å²) in [5, 5.41) is 3.03. The van der Waals surface area contributed by atoms with Gasteiger partial charge in [-0.2, -0.15) is 0 Å². The average molecular weight is 459 g/mol. The lowest BCUT2D eigenvalue weighted by molar-refractivity contribution is -0.125. The number of nitrogens with one attached hydrogen (secondary N) is 1. The van der Waals surface area contributed by atoms with Crippen LogP contribution in [-0.2, 0) is 24.2 Å².